The summed E-state index contributed by atoms with van der Waals surface area (Å²) in [6.45, 7) is 0. The number of sulfone groups is 1. The minimum atomic E-state index is -3.39. The van der Waals surface area contributed by atoms with Crippen molar-refractivity contribution in [3.8, 4) is 0 Å². The molecule has 0 saturated heterocycles. The normalized spacial score (nSPS) is 14.3. The number of aliphatic carboxylic acids is 1. The molecule has 0 spiro atoms. The molecule has 5 N–H and O–H groups in total. The molecule has 1 aromatic rings. The van der Waals surface area contributed by atoms with Crippen molar-refractivity contribution >= 4 is 32.9 Å². The minimum Gasteiger partial charge on any atom is -0.609 e. The fourth-order valence-electron chi connectivity index (χ4n) is 1.31. The second-order valence-electron chi connectivity index (χ2n) is 3.82. The van der Waals surface area contributed by atoms with Crippen LogP contribution in [0.2, 0.25) is 0 Å². The van der Waals surface area contributed by atoms with Crippen LogP contribution in [0.15, 0.2) is 34.1 Å². The number of rotatable bonds is 5. The van der Waals surface area contributed by atoms with Crippen LogP contribution in [0.25, 0.3) is 0 Å². The molecule has 0 saturated carbocycles. The topological polar surface area (TPSA) is 156 Å². The van der Waals surface area contributed by atoms with Gasteiger partial charge in [-0.05, 0) is 24.3 Å². The molecule has 1 aromatic carbocycles. The van der Waals surface area contributed by atoms with Gasteiger partial charge in [-0.15, -0.1) is 0 Å². The predicted octanol–water partition coefficient (Wildman–Crippen LogP) is -0.909. The van der Waals surface area contributed by atoms with E-state index < -0.39 is 38.3 Å². The maximum Gasteiger partial charge on any atom is 0.379 e. The number of hydrogen-bond donors (Lipinski definition) is 4. The van der Waals surface area contributed by atoms with E-state index in [1.54, 1.807) is 0 Å². The van der Waals surface area contributed by atoms with Crippen molar-refractivity contribution < 1.29 is 22.9 Å². The lowest BCUT2D eigenvalue weighted by atomic mass is 10.4. The van der Waals surface area contributed by atoms with Gasteiger partial charge in [-0.3, -0.25) is 5.41 Å². The van der Waals surface area contributed by atoms with Gasteiger partial charge in [-0.1, -0.05) is 0 Å². The van der Waals surface area contributed by atoms with Crippen LogP contribution in [0.5, 0.6) is 0 Å². The summed E-state index contributed by atoms with van der Waals surface area (Å²) in [4.78, 5) is 11.1. The fourth-order valence-corrected chi connectivity index (χ4v) is 3.03. The summed E-state index contributed by atoms with van der Waals surface area (Å²) in [5.41, 5.74) is 5.02. The summed E-state index contributed by atoms with van der Waals surface area (Å²) < 4.78 is 34.6. The zero-order valence-corrected chi connectivity index (χ0v) is 12.0. The number of nitrogens with two attached hydrogens (primary N) is 1. The number of carboxylic acids is 1. The number of carboxylic acid groups (broad SMARTS) is 1. The van der Waals surface area contributed by atoms with Gasteiger partial charge in [0.15, 0.2) is 20.7 Å². The van der Waals surface area contributed by atoms with Gasteiger partial charge in [0.1, 0.15) is 0 Å². The van der Waals surface area contributed by atoms with Crippen molar-refractivity contribution in [2.45, 2.75) is 15.2 Å². The van der Waals surface area contributed by atoms with Crippen LogP contribution in [0, 0.1) is 5.41 Å². The molecule has 2 atom stereocenters. The van der Waals surface area contributed by atoms with E-state index in [1.165, 1.54) is 24.3 Å². The third-order valence-corrected chi connectivity index (χ3v) is 4.82. The summed E-state index contributed by atoms with van der Waals surface area (Å²) in [5.74, 6) is -2.07. The first-order chi connectivity index (χ1) is 9.12. The molecule has 0 aliphatic heterocycles. The van der Waals surface area contributed by atoms with Crippen molar-refractivity contribution in [3.63, 3.8) is 0 Å². The molecule has 0 radical (unpaired) electrons. The Bertz CT molecular complexity index is 614. The second kappa shape index (κ2) is 6.11. The molecule has 0 fully saturated rings. The van der Waals surface area contributed by atoms with Gasteiger partial charge in [0.05, 0.1) is 4.90 Å². The number of nitrogens with one attached hydrogen (secondary N) is 2. The van der Waals surface area contributed by atoms with E-state index in [0.717, 1.165) is 6.26 Å². The lowest BCUT2D eigenvalue weighted by molar-refractivity contribution is -0.136. The highest BCUT2D eigenvalue weighted by atomic mass is 32.2. The lowest BCUT2D eigenvalue weighted by Gasteiger charge is -2.18. The minimum absolute atomic E-state index is 0.0321. The van der Waals surface area contributed by atoms with Crippen LogP contribution < -0.4 is 11.1 Å². The Balaban J connectivity index is 3.04. The van der Waals surface area contributed by atoms with Gasteiger partial charge in [-0.2, -0.15) is 0 Å². The van der Waals surface area contributed by atoms with Crippen LogP contribution in [-0.4, -0.2) is 41.6 Å². The Labute approximate surface area is 118 Å². The number of guanidine groups is 1. The molecule has 10 heteroatoms. The van der Waals surface area contributed by atoms with Crippen molar-refractivity contribution in [3.05, 3.63) is 24.3 Å². The molecule has 2 unspecified atom stereocenters. The van der Waals surface area contributed by atoms with E-state index in [1.807, 2.05) is 0 Å². The quantitative estimate of drug-likeness (QED) is 0.311. The van der Waals surface area contributed by atoms with Gasteiger partial charge >= 0.3 is 5.97 Å². The van der Waals surface area contributed by atoms with Crippen LogP contribution >= 0.6 is 0 Å². The Hall–Kier alpha value is -1.78. The Morgan fingerprint density at radius 2 is 1.95 bits per heavy atom. The summed E-state index contributed by atoms with van der Waals surface area (Å²) >= 11 is -2.03. The average molecular weight is 319 g/mol. The van der Waals surface area contributed by atoms with Gasteiger partial charge in [0.25, 0.3) is 5.37 Å². The number of carbonyl (C=O) groups is 1. The van der Waals surface area contributed by atoms with Gasteiger partial charge in [-0.25, -0.2) is 13.2 Å². The van der Waals surface area contributed by atoms with Crippen LogP contribution in [0.4, 0.5) is 0 Å². The molecule has 0 aromatic heterocycles. The summed E-state index contributed by atoms with van der Waals surface area (Å²) in [5, 5.41) is 16.4. The van der Waals surface area contributed by atoms with E-state index in [4.69, 9.17) is 16.2 Å². The molecule has 110 valence electrons. The molecule has 0 bridgehead atoms. The number of hydrogen-bond acceptors (Lipinski definition) is 5. The smallest absolute Gasteiger partial charge is 0.379 e. The molecule has 0 aliphatic carbocycles. The van der Waals surface area contributed by atoms with E-state index in [0.29, 0.717) is 0 Å². The third-order valence-electron chi connectivity index (χ3n) is 2.21. The summed E-state index contributed by atoms with van der Waals surface area (Å²) in [7, 11) is -3.39. The molecule has 20 heavy (non-hydrogen) atoms. The summed E-state index contributed by atoms with van der Waals surface area (Å²) in [6.07, 6.45) is 1.02. The van der Waals surface area contributed by atoms with Crippen molar-refractivity contribution in [2.24, 2.45) is 5.73 Å². The molecule has 8 nitrogen and oxygen atoms in total. The van der Waals surface area contributed by atoms with Crippen molar-refractivity contribution in [1.82, 2.24) is 5.32 Å². The highest BCUT2D eigenvalue weighted by Crippen LogP contribution is 2.18. The molecule has 1 rings (SSSR count). The zero-order valence-electron chi connectivity index (χ0n) is 10.4. The molecule has 0 aliphatic rings. The van der Waals surface area contributed by atoms with Crippen LogP contribution in [0.1, 0.15) is 0 Å². The highest BCUT2D eigenvalue weighted by Gasteiger charge is 2.32. The lowest BCUT2D eigenvalue weighted by Crippen LogP contribution is -2.48. The molecular formula is C10H13N3O5S2. The highest BCUT2D eigenvalue weighted by molar-refractivity contribution is 7.92. The summed E-state index contributed by atoms with van der Waals surface area (Å²) in [6, 6.07) is 4.97. The van der Waals surface area contributed by atoms with Crippen LogP contribution in [-0.2, 0) is 25.8 Å². The monoisotopic (exact) mass is 319 g/mol. The van der Waals surface area contributed by atoms with E-state index in [9.17, 15) is 17.8 Å². The Kier molecular flexibility index (Phi) is 4.98. The molecular weight excluding hydrogens is 306 g/mol. The van der Waals surface area contributed by atoms with Gasteiger partial charge in [0.2, 0.25) is 0 Å². The van der Waals surface area contributed by atoms with Gasteiger partial charge < -0.3 is 20.7 Å². The van der Waals surface area contributed by atoms with Crippen molar-refractivity contribution in [2.75, 3.05) is 6.26 Å². The van der Waals surface area contributed by atoms with E-state index in [-0.39, 0.29) is 9.79 Å². The second-order valence-corrected chi connectivity index (χ2v) is 7.37. The Morgan fingerprint density at radius 1 is 1.45 bits per heavy atom. The first-order valence-corrected chi connectivity index (χ1v) is 8.27. The first-order valence-electron chi connectivity index (χ1n) is 5.17. The fraction of sp³-hybridized carbons (Fsp3) is 0.200. The molecule has 0 amide bonds. The SMILES string of the molecule is CS(=O)(=O)c1ccc([S+]([O-])C(NC(=N)N)C(=O)O)cc1. The van der Waals surface area contributed by atoms with Gasteiger partial charge in [0, 0.05) is 17.4 Å². The maximum atomic E-state index is 12.0. The standard InChI is InChI=1S/C10H13N3O5S2/c1-20(17,18)7-4-2-6(3-5-7)19(16)8(9(14)15)13-10(11)12/h2-5,8H,1H3,(H,14,15)(H4,11,12,13). The number of benzene rings is 1. The van der Waals surface area contributed by atoms with Crippen molar-refractivity contribution in [1.29, 1.82) is 5.41 Å². The zero-order chi connectivity index (χ0) is 15.5. The molecule has 0 heterocycles. The third kappa shape index (κ3) is 4.11. The largest absolute Gasteiger partial charge is 0.609 e. The average Bonchev–Trinajstić information content (AvgIpc) is 2.33. The predicted molar refractivity (Wildman–Crippen MR) is 72.4 cm³/mol. The van der Waals surface area contributed by atoms with E-state index in [2.05, 4.69) is 5.32 Å². The first kappa shape index (κ1) is 16.3. The Morgan fingerprint density at radius 3 is 2.30 bits per heavy atom. The maximum absolute atomic E-state index is 12.0. The van der Waals surface area contributed by atoms with E-state index >= 15 is 0 Å². The van der Waals surface area contributed by atoms with Crippen LogP contribution in [0.3, 0.4) is 0 Å².